The van der Waals surface area contributed by atoms with Crippen LogP contribution in [0.5, 0.6) is 0 Å². The van der Waals surface area contributed by atoms with Gasteiger partial charge in [-0.25, -0.2) is 0 Å². The zero-order valence-electron chi connectivity index (χ0n) is 20.7. The molecule has 0 rings (SSSR count). The fourth-order valence-electron chi connectivity index (χ4n) is 4.53. The maximum absolute atomic E-state index is 2.48. The maximum atomic E-state index is 2.48. The van der Waals surface area contributed by atoms with Crippen LogP contribution in [0.4, 0.5) is 0 Å². The Bertz CT molecular complexity index is 269. The van der Waals surface area contributed by atoms with Gasteiger partial charge in [0.2, 0.25) is 0 Å². The van der Waals surface area contributed by atoms with Crippen LogP contribution in [0, 0.1) is 11.8 Å². The van der Waals surface area contributed by atoms with Crippen LogP contribution in [0.2, 0.25) is 0 Å². The monoisotopic (exact) mass is 394 g/mol. The predicted octanol–water partition coefficient (Wildman–Crippen LogP) is 10.9. The van der Waals surface area contributed by atoms with Gasteiger partial charge in [-0.2, -0.15) is 0 Å². The maximum Gasteiger partial charge on any atom is -0.0443 e. The topological polar surface area (TPSA) is 0 Å². The van der Waals surface area contributed by atoms with Crippen molar-refractivity contribution in [2.24, 2.45) is 11.8 Å². The van der Waals surface area contributed by atoms with Crippen molar-refractivity contribution in [2.75, 3.05) is 0 Å². The zero-order chi connectivity index (χ0) is 20.7. The molecule has 0 aliphatic carbocycles. The van der Waals surface area contributed by atoms with E-state index in [0.717, 1.165) is 11.8 Å². The van der Waals surface area contributed by atoms with Gasteiger partial charge in [0.05, 0.1) is 0 Å². The third kappa shape index (κ3) is 22.3. The molecule has 0 heterocycles. The van der Waals surface area contributed by atoms with E-state index in [4.69, 9.17) is 0 Å². The van der Waals surface area contributed by atoms with E-state index in [2.05, 4.69) is 27.7 Å². The lowest BCUT2D eigenvalue weighted by Gasteiger charge is -2.12. The normalized spacial score (nSPS) is 13.7. The molecule has 0 aliphatic heterocycles. The SMILES string of the molecule is CCCCCCCCC(C)CCCCCCCCCC(C)CCCCCCC. The summed E-state index contributed by atoms with van der Waals surface area (Å²) in [5.41, 5.74) is 0. The highest BCUT2D eigenvalue weighted by molar-refractivity contribution is 4.57. The minimum atomic E-state index is 0.967. The molecule has 0 saturated carbocycles. The van der Waals surface area contributed by atoms with Gasteiger partial charge in [0, 0.05) is 0 Å². The Balaban J connectivity index is 3.22. The molecular formula is C28H58. The van der Waals surface area contributed by atoms with Crippen LogP contribution in [0.3, 0.4) is 0 Å². The molecule has 0 bridgehead atoms. The van der Waals surface area contributed by atoms with Crippen LogP contribution >= 0.6 is 0 Å². The fourth-order valence-corrected chi connectivity index (χ4v) is 4.53. The highest BCUT2D eigenvalue weighted by atomic mass is 14.1. The Morgan fingerprint density at radius 3 is 0.786 bits per heavy atom. The second-order valence-electron chi connectivity index (χ2n) is 10.0. The van der Waals surface area contributed by atoms with Crippen molar-refractivity contribution in [1.29, 1.82) is 0 Å². The number of rotatable bonds is 23. The van der Waals surface area contributed by atoms with E-state index < -0.39 is 0 Å². The average Bonchev–Trinajstić information content (AvgIpc) is 2.69. The van der Waals surface area contributed by atoms with Gasteiger partial charge in [-0.3, -0.25) is 0 Å². The quantitative estimate of drug-likeness (QED) is 0.151. The molecule has 0 saturated heterocycles. The highest BCUT2D eigenvalue weighted by Gasteiger charge is 2.03. The Labute approximate surface area is 181 Å². The van der Waals surface area contributed by atoms with E-state index >= 15 is 0 Å². The predicted molar refractivity (Wildman–Crippen MR) is 131 cm³/mol. The summed E-state index contributed by atoms with van der Waals surface area (Å²) in [6.07, 6.45) is 32.2. The van der Waals surface area contributed by atoms with Crippen molar-refractivity contribution in [3.05, 3.63) is 0 Å². The first kappa shape index (κ1) is 28.0. The van der Waals surface area contributed by atoms with Crippen LogP contribution in [-0.2, 0) is 0 Å². The Morgan fingerprint density at radius 2 is 0.536 bits per heavy atom. The summed E-state index contributed by atoms with van der Waals surface area (Å²) in [5.74, 6) is 1.93. The Hall–Kier alpha value is 0. The summed E-state index contributed by atoms with van der Waals surface area (Å²) in [7, 11) is 0. The van der Waals surface area contributed by atoms with Crippen molar-refractivity contribution in [3.8, 4) is 0 Å². The lowest BCUT2D eigenvalue weighted by molar-refractivity contribution is 0.422. The Morgan fingerprint density at radius 1 is 0.321 bits per heavy atom. The molecule has 0 spiro atoms. The van der Waals surface area contributed by atoms with E-state index in [9.17, 15) is 0 Å². The highest BCUT2D eigenvalue weighted by Crippen LogP contribution is 2.20. The van der Waals surface area contributed by atoms with Crippen molar-refractivity contribution < 1.29 is 0 Å². The molecule has 2 atom stereocenters. The lowest BCUT2D eigenvalue weighted by atomic mass is 9.95. The smallest absolute Gasteiger partial charge is 0.0443 e. The molecule has 0 radical (unpaired) electrons. The first-order valence-corrected chi connectivity index (χ1v) is 13.7. The van der Waals surface area contributed by atoms with Crippen LogP contribution in [0.1, 0.15) is 169 Å². The summed E-state index contributed by atoms with van der Waals surface area (Å²) in [5, 5.41) is 0. The standard InChI is InChI=1S/C28H58/c1-5-7-9-11-16-20-24-28(4)26-22-18-14-12-13-17-21-25-27(3)23-19-15-10-8-6-2/h27-28H,5-26H2,1-4H3. The summed E-state index contributed by atoms with van der Waals surface area (Å²) in [6, 6.07) is 0. The molecule has 0 aliphatic rings. The average molecular weight is 395 g/mol. The van der Waals surface area contributed by atoms with Crippen LogP contribution in [0.15, 0.2) is 0 Å². The van der Waals surface area contributed by atoms with Gasteiger partial charge in [0.1, 0.15) is 0 Å². The molecule has 28 heavy (non-hydrogen) atoms. The van der Waals surface area contributed by atoms with Crippen molar-refractivity contribution in [2.45, 2.75) is 169 Å². The second kappa shape index (κ2) is 23.3. The molecule has 0 nitrogen and oxygen atoms in total. The first-order chi connectivity index (χ1) is 13.7. The number of hydrogen-bond donors (Lipinski definition) is 0. The molecule has 2 unspecified atom stereocenters. The molecule has 0 fully saturated rings. The van der Waals surface area contributed by atoms with Crippen molar-refractivity contribution in [3.63, 3.8) is 0 Å². The van der Waals surface area contributed by atoms with Crippen molar-refractivity contribution in [1.82, 2.24) is 0 Å². The Kier molecular flexibility index (Phi) is 23.3. The molecule has 170 valence electrons. The molecular weight excluding hydrogens is 336 g/mol. The molecule has 0 heteroatoms. The second-order valence-corrected chi connectivity index (χ2v) is 10.0. The zero-order valence-corrected chi connectivity index (χ0v) is 20.7. The summed E-state index contributed by atoms with van der Waals surface area (Å²) < 4.78 is 0. The third-order valence-electron chi connectivity index (χ3n) is 6.74. The first-order valence-electron chi connectivity index (χ1n) is 13.7. The van der Waals surface area contributed by atoms with E-state index in [1.807, 2.05) is 0 Å². The van der Waals surface area contributed by atoms with Gasteiger partial charge in [-0.1, -0.05) is 169 Å². The molecule has 0 aromatic rings. The van der Waals surface area contributed by atoms with Crippen LogP contribution in [-0.4, -0.2) is 0 Å². The van der Waals surface area contributed by atoms with Crippen LogP contribution in [0.25, 0.3) is 0 Å². The summed E-state index contributed by atoms with van der Waals surface area (Å²) in [4.78, 5) is 0. The van der Waals surface area contributed by atoms with Crippen LogP contribution < -0.4 is 0 Å². The summed E-state index contributed by atoms with van der Waals surface area (Å²) in [6.45, 7) is 9.57. The van der Waals surface area contributed by atoms with E-state index in [0.29, 0.717) is 0 Å². The van der Waals surface area contributed by atoms with E-state index in [1.165, 1.54) is 141 Å². The minimum absolute atomic E-state index is 0.967. The molecule has 0 N–H and O–H groups in total. The van der Waals surface area contributed by atoms with Gasteiger partial charge >= 0.3 is 0 Å². The third-order valence-corrected chi connectivity index (χ3v) is 6.74. The van der Waals surface area contributed by atoms with E-state index in [1.54, 1.807) is 0 Å². The molecule has 0 aromatic carbocycles. The summed E-state index contributed by atoms with van der Waals surface area (Å²) >= 11 is 0. The fraction of sp³-hybridized carbons (Fsp3) is 1.00. The van der Waals surface area contributed by atoms with Gasteiger partial charge in [-0.15, -0.1) is 0 Å². The number of hydrogen-bond acceptors (Lipinski definition) is 0. The minimum Gasteiger partial charge on any atom is -0.0654 e. The van der Waals surface area contributed by atoms with Gasteiger partial charge in [0.25, 0.3) is 0 Å². The number of unbranched alkanes of at least 4 members (excludes halogenated alkanes) is 15. The largest absolute Gasteiger partial charge is 0.0654 e. The van der Waals surface area contributed by atoms with Gasteiger partial charge in [0.15, 0.2) is 0 Å². The van der Waals surface area contributed by atoms with Gasteiger partial charge < -0.3 is 0 Å². The molecule has 0 aromatic heterocycles. The van der Waals surface area contributed by atoms with Gasteiger partial charge in [-0.05, 0) is 11.8 Å². The van der Waals surface area contributed by atoms with E-state index in [-0.39, 0.29) is 0 Å². The van der Waals surface area contributed by atoms with Crippen molar-refractivity contribution >= 4 is 0 Å². The molecule has 0 amide bonds. The lowest BCUT2D eigenvalue weighted by Crippen LogP contribution is -1.96.